The van der Waals surface area contributed by atoms with E-state index in [9.17, 15) is 4.79 Å². The molecule has 0 unspecified atom stereocenters. The lowest BCUT2D eigenvalue weighted by Gasteiger charge is -2.20. The summed E-state index contributed by atoms with van der Waals surface area (Å²) in [5.41, 5.74) is 1.32. The Balaban J connectivity index is 1.64. The van der Waals surface area contributed by atoms with E-state index in [0.29, 0.717) is 17.3 Å². The van der Waals surface area contributed by atoms with Gasteiger partial charge in [-0.25, -0.2) is 4.79 Å². The van der Waals surface area contributed by atoms with Crippen molar-refractivity contribution in [3.8, 4) is 0 Å². The molecule has 25 heavy (non-hydrogen) atoms. The third-order valence-corrected chi connectivity index (χ3v) is 5.86. The largest absolute Gasteiger partial charge is 0.462 e. The molecular formula is C19H28N2O2S2. The molecule has 2 rings (SSSR count). The van der Waals surface area contributed by atoms with Crippen LogP contribution in [0.2, 0.25) is 0 Å². The van der Waals surface area contributed by atoms with Crippen LogP contribution < -0.4 is 10.6 Å². The number of thiocarbonyl (C=S) groups is 1. The van der Waals surface area contributed by atoms with E-state index in [1.54, 1.807) is 19.1 Å². The smallest absolute Gasteiger partial charge is 0.338 e. The van der Waals surface area contributed by atoms with Crippen LogP contribution in [0.25, 0.3) is 0 Å². The lowest BCUT2D eigenvalue weighted by Crippen LogP contribution is -2.29. The number of carbonyl (C=O) groups excluding carboxylic acids is 1. The molecule has 4 nitrogen and oxygen atoms in total. The molecule has 0 atom stereocenters. The Kier molecular flexibility index (Phi) is 9.11. The fourth-order valence-electron chi connectivity index (χ4n) is 2.87. The molecule has 0 saturated heterocycles. The number of benzene rings is 1. The highest BCUT2D eigenvalue weighted by Gasteiger charge is 2.13. The van der Waals surface area contributed by atoms with E-state index >= 15 is 0 Å². The van der Waals surface area contributed by atoms with Gasteiger partial charge in [-0.05, 0) is 62.4 Å². The van der Waals surface area contributed by atoms with Crippen LogP contribution >= 0.6 is 24.0 Å². The minimum absolute atomic E-state index is 0.315. The van der Waals surface area contributed by atoms with E-state index in [1.807, 2.05) is 12.1 Å². The minimum atomic E-state index is -0.315. The molecule has 6 heteroatoms. The number of hydrogen-bond acceptors (Lipinski definition) is 4. The second-order valence-corrected chi connectivity index (χ2v) is 7.98. The highest BCUT2D eigenvalue weighted by molar-refractivity contribution is 7.99. The normalized spacial score (nSPS) is 14.8. The maximum absolute atomic E-state index is 11.8. The molecule has 1 aliphatic carbocycles. The number of nitrogens with one attached hydrogen (secondary N) is 2. The van der Waals surface area contributed by atoms with Gasteiger partial charge >= 0.3 is 5.97 Å². The molecule has 1 aromatic carbocycles. The second-order valence-electron chi connectivity index (χ2n) is 6.17. The summed E-state index contributed by atoms with van der Waals surface area (Å²) in [6, 6.07) is 7.20. The molecule has 0 amide bonds. The predicted molar refractivity (Wildman–Crippen MR) is 111 cm³/mol. The molecule has 2 N–H and O–H groups in total. The molecule has 0 spiro atoms. The van der Waals surface area contributed by atoms with E-state index in [4.69, 9.17) is 17.0 Å². The van der Waals surface area contributed by atoms with Crippen LogP contribution in [0.15, 0.2) is 24.3 Å². The van der Waals surface area contributed by atoms with Crippen molar-refractivity contribution < 1.29 is 9.53 Å². The highest BCUT2D eigenvalue weighted by Crippen LogP contribution is 2.28. The van der Waals surface area contributed by atoms with Crippen LogP contribution in [0, 0.1) is 0 Å². The Morgan fingerprint density at radius 1 is 1.32 bits per heavy atom. The van der Waals surface area contributed by atoms with Gasteiger partial charge in [-0.1, -0.05) is 25.3 Å². The topological polar surface area (TPSA) is 50.4 Å². The van der Waals surface area contributed by atoms with Gasteiger partial charge in [-0.15, -0.1) is 0 Å². The molecule has 0 aliphatic heterocycles. The Hall–Kier alpha value is -1.27. The van der Waals surface area contributed by atoms with Crippen molar-refractivity contribution in [2.45, 2.75) is 50.7 Å². The van der Waals surface area contributed by atoms with Crippen molar-refractivity contribution >= 4 is 40.7 Å². The van der Waals surface area contributed by atoms with Gasteiger partial charge in [0.2, 0.25) is 0 Å². The number of ether oxygens (including phenoxy) is 1. The quantitative estimate of drug-likeness (QED) is 0.390. The van der Waals surface area contributed by atoms with Crippen LogP contribution in [-0.2, 0) is 4.74 Å². The fraction of sp³-hybridized carbons (Fsp3) is 0.579. The van der Waals surface area contributed by atoms with Crippen LogP contribution in [0.1, 0.15) is 55.8 Å². The standard InChI is InChI=1S/C19H28N2O2S2/c1-2-23-18(22)15-8-6-9-16(14-15)21-19(24)20-12-7-13-25-17-10-4-3-5-11-17/h6,8-9,14,17H,2-5,7,10-13H2,1H3,(H2,20,21,24). The van der Waals surface area contributed by atoms with E-state index < -0.39 is 0 Å². The zero-order valence-corrected chi connectivity index (χ0v) is 16.5. The van der Waals surface area contributed by atoms with Crippen LogP contribution in [0.5, 0.6) is 0 Å². The first-order valence-electron chi connectivity index (χ1n) is 9.12. The van der Waals surface area contributed by atoms with Crippen molar-refractivity contribution in [2.24, 2.45) is 0 Å². The summed E-state index contributed by atoms with van der Waals surface area (Å²) < 4.78 is 5.01. The molecule has 0 aromatic heterocycles. The second kappa shape index (κ2) is 11.4. The third-order valence-electron chi connectivity index (χ3n) is 4.14. The van der Waals surface area contributed by atoms with E-state index in [1.165, 1.54) is 37.9 Å². The molecule has 1 fully saturated rings. The summed E-state index contributed by atoms with van der Waals surface area (Å²) in [5.74, 6) is 0.864. The van der Waals surface area contributed by atoms with Crippen LogP contribution in [-0.4, -0.2) is 35.2 Å². The maximum Gasteiger partial charge on any atom is 0.338 e. The summed E-state index contributed by atoms with van der Waals surface area (Å²) >= 11 is 7.43. The number of anilines is 1. The zero-order chi connectivity index (χ0) is 17.9. The first-order valence-corrected chi connectivity index (χ1v) is 10.6. The van der Waals surface area contributed by atoms with Crippen LogP contribution in [0.3, 0.4) is 0 Å². The van der Waals surface area contributed by atoms with Crippen molar-refractivity contribution in [3.63, 3.8) is 0 Å². The third kappa shape index (κ3) is 7.65. The number of carbonyl (C=O) groups is 1. The van der Waals surface area contributed by atoms with Gasteiger partial charge in [-0.2, -0.15) is 11.8 Å². The van der Waals surface area contributed by atoms with E-state index in [-0.39, 0.29) is 5.97 Å². The Morgan fingerprint density at radius 3 is 2.88 bits per heavy atom. The molecule has 1 aromatic rings. The molecular weight excluding hydrogens is 352 g/mol. The lowest BCUT2D eigenvalue weighted by molar-refractivity contribution is 0.0526. The number of rotatable bonds is 8. The zero-order valence-electron chi connectivity index (χ0n) is 14.9. The fourth-order valence-corrected chi connectivity index (χ4v) is 4.40. The van der Waals surface area contributed by atoms with E-state index in [0.717, 1.165) is 23.9 Å². The molecule has 1 aliphatic rings. The van der Waals surface area contributed by atoms with Gasteiger partial charge in [0.15, 0.2) is 5.11 Å². The summed E-state index contributed by atoms with van der Waals surface area (Å²) in [6.07, 6.45) is 8.08. The number of hydrogen-bond donors (Lipinski definition) is 2. The number of thioether (sulfide) groups is 1. The molecule has 138 valence electrons. The first-order chi connectivity index (χ1) is 12.2. The Labute approximate surface area is 160 Å². The summed E-state index contributed by atoms with van der Waals surface area (Å²) in [5, 5.41) is 7.81. The number of esters is 1. The van der Waals surface area contributed by atoms with Gasteiger partial charge in [-0.3, -0.25) is 0 Å². The minimum Gasteiger partial charge on any atom is -0.462 e. The lowest BCUT2D eigenvalue weighted by atomic mass is 10.0. The molecule has 0 heterocycles. The van der Waals surface area contributed by atoms with Crippen molar-refractivity contribution in [1.82, 2.24) is 5.32 Å². The van der Waals surface area contributed by atoms with E-state index in [2.05, 4.69) is 22.4 Å². The summed E-state index contributed by atoms with van der Waals surface area (Å²) in [4.78, 5) is 11.8. The average Bonchev–Trinajstić information content (AvgIpc) is 2.63. The Bertz CT molecular complexity index is 560. The summed E-state index contributed by atoms with van der Waals surface area (Å²) in [6.45, 7) is 3.03. The monoisotopic (exact) mass is 380 g/mol. The SMILES string of the molecule is CCOC(=O)c1cccc(NC(=S)NCCCSC2CCCCC2)c1. The predicted octanol–water partition coefficient (Wildman–Crippen LogP) is 4.61. The highest BCUT2D eigenvalue weighted by atomic mass is 32.2. The van der Waals surface area contributed by atoms with Gasteiger partial charge in [0, 0.05) is 17.5 Å². The van der Waals surface area contributed by atoms with Gasteiger partial charge in [0.05, 0.1) is 12.2 Å². The first kappa shape index (κ1) is 20.0. The van der Waals surface area contributed by atoms with Crippen molar-refractivity contribution in [2.75, 3.05) is 24.2 Å². The van der Waals surface area contributed by atoms with Gasteiger partial charge in [0.1, 0.15) is 0 Å². The summed E-state index contributed by atoms with van der Waals surface area (Å²) in [7, 11) is 0. The van der Waals surface area contributed by atoms with Gasteiger partial charge in [0.25, 0.3) is 0 Å². The molecule has 1 saturated carbocycles. The van der Waals surface area contributed by atoms with Crippen LogP contribution in [0.4, 0.5) is 5.69 Å². The van der Waals surface area contributed by atoms with Crippen molar-refractivity contribution in [3.05, 3.63) is 29.8 Å². The van der Waals surface area contributed by atoms with Crippen molar-refractivity contribution in [1.29, 1.82) is 0 Å². The maximum atomic E-state index is 11.8. The molecule has 0 radical (unpaired) electrons. The van der Waals surface area contributed by atoms with Gasteiger partial charge < -0.3 is 15.4 Å². The molecule has 0 bridgehead atoms. The Morgan fingerprint density at radius 2 is 2.12 bits per heavy atom. The average molecular weight is 381 g/mol.